The Hall–Kier alpha value is -4.57. The summed E-state index contributed by atoms with van der Waals surface area (Å²) in [6.07, 6.45) is -1.98. The Morgan fingerprint density at radius 2 is 1.77 bits per heavy atom. The Morgan fingerprint density at radius 3 is 2.40 bits per heavy atom. The van der Waals surface area contributed by atoms with Crippen LogP contribution in [0.4, 0.5) is 23.2 Å². The second kappa shape index (κ2) is 17.1. The summed E-state index contributed by atoms with van der Waals surface area (Å²) in [5, 5.41) is 14.5. The van der Waals surface area contributed by atoms with Crippen molar-refractivity contribution in [1.82, 2.24) is 14.6 Å². The Morgan fingerprint density at radius 1 is 1.08 bits per heavy atom. The number of aromatic nitrogens is 1. The molecule has 4 unspecified atom stereocenters. The largest absolute Gasteiger partial charge is 0.573 e. The number of amides is 1. The number of carbonyl (C=O) groups is 1. The van der Waals surface area contributed by atoms with E-state index in [0.717, 1.165) is 36.0 Å². The monoisotopic (exact) mass is 775 g/mol. The number of nitrogens with one attached hydrogen (secondary N) is 3. The average molecular weight is 776 g/mol. The lowest BCUT2D eigenvalue weighted by molar-refractivity contribution is -0.274. The molecule has 0 aliphatic carbocycles. The minimum Gasteiger partial charge on any atom is -0.481 e. The van der Waals surface area contributed by atoms with E-state index >= 15 is 4.39 Å². The third-order valence-electron chi connectivity index (χ3n) is 9.02. The van der Waals surface area contributed by atoms with Crippen LogP contribution in [0.25, 0.3) is 0 Å². The molecular formula is C37H38ClF4N5O5S. The van der Waals surface area contributed by atoms with Crippen LogP contribution in [0.3, 0.4) is 0 Å². The summed E-state index contributed by atoms with van der Waals surface area (Å²) < 4.78 is 91.7. The van der Waals surface area contributed by atoms with Gasteiger partial charge in [0.2, 0.25) is 21.8 Å². The molecule has 2 heterocycles. The molecule has 282 valence electrons. The first-order valence-corrected chi connectivity index (χ1v) is 18.5. The van der Waals surface area contributed by atoms with Crippen molar-refractivity contribution in [3.63, 3.8) is 0 Å². The lowest BCUT2D eigenvalue weighted by atomic mass is 9.79. The van der Waals surface area contributed by atoms with Crippen molar-refractivity contribution in [1.29, 1.82) is 5.41 Å². The molecule has 1 aromatic heterocycles. The van der Waals surface area contributed by atoms with Crippen molar-refractivity contribution in [3.05, 3.63) is 113 Å². The number of halogens is 5. The third-order valence-corrected chi connectivity index (χ3v) is 11.4. The van der Waals surface area contributed by atoms with Crippen LogP contribution < -0.4 is 20.1 Å². The van der Waals surface area contributed by atoms with Gasteiger partial charge in [-0.15, -0.1) is 13.2 Å². The smallest absolute Gasteiger partial charge is 0.481 e. The number of alkyl halides is 3. The molecule has 0 spiro atoms. The number of piperazine rings is 1. The summed E-state index contributed by atoms with van der Waals surface area (Å²) in [5.74, 6) is -2.68. The van der Waals surface area contributed by atoms with Gasteiger partial charge in [-0.05, 0) is 92.1 Å². The van der Waals surface area contributed by atoms with Crippen molar-refractivity contribution in [2.45, 2.75) is 55.4 Å². The van der Waals surface area contributed by atoms with Crippen molar-refractivity contribution in [2.24, 2.45) is 5.92 Å². The topological polar surface area (TPSA) is 134 Å². The first-order chi connectivity index (χ1) is 25.2. The fraction of sp³-hybridized carbons (Fsp3) is 0.324. The Bertz CT molecular complexity index is 1990. The van der Waals surface area contributed by atoms with Crippen LogP contribution in [0.5, 0.6) is 11.6 Å². The van der Waals surface area contributed by atoms with Gasteiger partial charge in [-0.1, -0.05) is 35.9 Å². The highest BCUT2D eigenvalue weighted by Crippen LogP contribution is 2.36. The van der Waals surface area contributed by atoms with Gasteiger partial charge < -0.3 is 25.5 Å². The lowest BCUT2D eigenvalue weighted by Gasteiger charge is -2.40. The lowest BCUT2D eigenvalue weighted by Crippen LogP contribution is -2.58. The number of carbonyl (C=O) groups excluding carboxylic acids is 1. The summed E-state index contributed by atoms with van der Waals surface area (Å²) in [5.41, 5.74) is 1.77. The number of pyridine rings is 1. The highest BCUT2D eigenvalue weighted by atomic mass is 35.5. The zero-order chi connectivity index (χ0) is 38.3. The maximum absolute atomic E-state index is 15.6. The molecule has 1 amide bonds. The van der Waals surface area contributed by atoms with Gasteiger partial charge in [-0.3, -0.25) is 4.79 Å². The van der Waals surface area contributed by atoms with E-state index < -0.39 is 57.8 Å². The number of benzene rings is 3. The number of ether oxygens (including phenoxy) is 2. The van der Waals surface area contributed by atoms with E-state index in [0.29, 0.717) is 23.0 Å². The molecule has 0 bridgehead atoms. The Balaban J connectivity index is 1.40. The van der Waals surface area contributed by atoms with Crippen LogP contribution in [0.15, 0.2) is 90.0 Å². The molecule has 53 heavy (non-hydrogen) atoms. The molecule has 3 aromatic carbocycles. The maximum Gasteiger partial charge on any atom is 0.573 e. The first kappa shape index (κ1) is 39.6. The molecule has 1 fully saturated rings. The van der Waals surface area contributed by atoms with Crippen LogP contribution in [0.1, 0.15) is 42.4 Å². The van der Waals surface area contributed by atoms with Gasteiger partial charge in [-0.2, -0.15) is 4.31 Å². The Labute approximate surface area is 310 Å². The normalized spacial score (nSPS) is 17.8. The fourth-order valence-electron chi connectivity index (χ4n) is 6.61. The molecule has 0 saturated carbocycles. The zero-order valence-electron chi connectivity index (χ0n) is 28.7. The highest BCUT2D eigenvalue weighted by Gasteiger charge is 2.39. The molecule has 4 aromatic rings. The molecule has 10 nitrogen and oxygen atoms in total. The number of anilines is 1. The van der Waals surface area contributed by atoms with Crippen molar-refractivity contribution < 1.29 is 40.2 Å². The summed E-state index contributed by atoms with van der Waals surface area (Å²) in [6.45, 7) is 2.25. The molecule has 1 aliphatic heterocycles. The molecule has 4 atom stereocenters. The number of hydrogen-bond acceptors (Lipinski definition) is 8. The van der Waals surface area contributed by atoms with Crippen LogP contribution in [-0.4, -0.2) is 68.5 Å². The third kappa shape index (κ3) is 9.71. The van der Waals surface area contributed by atoms with Crippen LogP contribution in [-0.2, 0) is 21.2 Å². The molecule has 1 aliphatic rings. The summed E-state index contributed by atoms with van der Waals surface area (Å²) in [7, 11) is -2.71. The van der Waals surface area contributed by atoms with Crippen LogP contribution in [0, 0.1) is 17.1 Å². The summed E-state index contributed by atoms with van der Waals surface area (Å²) >= 11 is 6.17. The molecule has 3 N–H and O–H groups in total. The van der Waals surface area contributed by atoms with Crippen molar-refractivity contribution >= 4 is 39.4 Å². The highest BCUT2D eigenvalue weighted by molar-refractivity contribution is 7.89. The zero-order valence-corrected chi connectivity index (χ0v) is 30.3. The fourth-order valence-corrected chi connectivity index (χ4v) is 8.58. The van der Waals surface area contributed by atoms with Gasteiger partial charge in [0.15, 0.2) is 0 Å². The SMILES string of the molecule is COc1ccc(C(c2ccc(Cl)cc2)C(CC=N)C(=O)Nc2cccc(F)c2CCC2CNCC(C)N2S(=O)(=O)c2ccc(OC(F)(F)F)cc2)cn1. The first-order valence-electron chi connectivity index (χ1n) is 16.6. The predicted molar refractivity (Wildman–Crippen MR) is 193 cm³/mol. The maximum atomic E-state index is 15.6. The van der Waals surface area contributed by atoms with E-state index in [1.165, 1.54) is 23.5 Å². The average Bonchev–Trinajstić information content (AvgIpc) is 3.11. The molecule has 0 radical (unpaired) electrons. The number of rotatable bonds is 14. The molecule has 1 saturated heterocycles. The van der Waals surface area contributed by atoms with Gasteiger partial charge in [0.1, 0.15) is 11.6 Å². The second-order valence-electron chi connectivity index (χ2n) is 12.5. The summed E-state index contributed by atoms with van der Waals surface area (Å²) in [6, 6.07) is 17.5. The standard InChI is InChI=1S/C37H38ClF4N5O5S/c1-23-20-44-22-27(47(23)53(49,50)29-14-12-28(13-15-29)52-37(40,41)42)11-16-30-32(39)4-3-5-33(30)46-36(48)31(18-19-43)35(24-6-9-26(38)10-7-24)25-8-17-34(51-2)45-21-25/h3-10,12-15,17,19,21,23,27,31,35,43-44H,11,16,18,20,22H2,1-2H3,(H,46,48). The quantitative estimate of drug-likeness (QED) is 0.0913. The van der Waals surface area contributed by atoms with Gasteiger partial charge in [0, 0.05) is 59.6 Å². The van der Waals surface area contributed by atoms with E-state index in [4.69, 9.17) is 21.7 Å². The van der Waals surface area contributed by atoms with Gasteiger partial charge in [0.05, 0.1) is 17.9 Å². The number of methoxy groups -OCH3 is 1. The van der Waals surface area contributed by atoms with Gasteiger partial charge in [0.25, 0.3) is 0 Å². The van der Waals surface area contributed by atoms with E-state index in [1.54, 1.807) is 55.6 Å². The number of nitrogens with zero attached hydrogens (tertiary/aromatic N) is 2. The van der Waals surface area contributed by atoms with Crippen LogP contribution >= 0.6 is 11.6 Å². The van der Waals surface area contributed by atoms with E-state index in [1.807, 2.05) is 0 Å². The minimum absolute atomic E-state index is 0.0317. The van der Waals surface area contributed by atoms with Crippen molar-refractivity contribution in [3.8, 4) is 11.6 Å². The second-order valence-corrected chi connectivity index (χ2v) is 14.8. The molecule has 16 heteroatoms. The summed E-state index contributed by atoms with van der Waals surface area (Å²) in [4.78, 5) is 18.3. The van der Waals surface area contributed by atoms with E-state index in [2.05, 4.69) is 20.4 Å². The van der Waals surface area contributed by atoms with E-state index in [-0.39, 0.29) is 42.0 Å². The Kier molecular flexibility index (Phi) is 12.8. The van der Waals surface area contributed by atoms with Gasteiger partial charge in [-0.25, -0.2) is 17.8 Å². The van der Waals surface area contributed by atoms with Crippen molar-refractivity contribution in [2.75, 3.05) is 25.5 Å². The van der Waals surface area contributed by atoms with E-state index in [9.17, 15) is 26.4 Å². The molecule has 5 rings (SSSR count). The number of sulfonamides is 1. The molecular weight excluding hydrogens is 738 g/mol. The predicted octanol–water partition coefficient (Wildman–Crippen LogP) is 7.19. The van der Waals surface area contributed by atoms with Gasteiger partial charge >= 0.3 is 6.36 Å². The minimum atomic E-state index is -4.93. The number of hydrogen-bond donors (Lipinski definition) is 3. The van der Waals surface area contributed by atoms with Crippen LogP contribution in [0.2, 0.25) is 5.02 Å².